The van der Waals surface area contributed by atoms with Crippen molar-refractivity contribution in [2.24, 2.45) is 0 Å². The van der Waals surface area contributed by atoms with Crippen LogP contribution in [0.25, 0.3) is 10.9 Å². The molecule has 0 atom stereocenters. The first kappa shape index (κ1) is 17.8. The Bertz CT molecular complexity index is 1180. The molecule has 7 heteroatoms. The lowest BCUT2D eigenvalue weighted by Crippen LogP contribution is -2.36. The summed E-state index contributed by atoms with van der Waals surface area (Å²) in [6.45, 7) is 4.29. The van der Waals surface area contributed by atoms with E-state index in [-0.39, 0.29) is 12.1 Å². The maximum absolute atomic E-state index is 13.2. The first-order chi connectivity index (χ1) is 12.8. The van der Waals surface area contributed by atoms with Crippen LogP contribution in [0.15, 0.2) is 41.3 Å². The van der Waals surface area contributed by atoms with Gasteiger partial charge in [0, 0.05) is 36.1 Å². The number of aromatic nitrogens is 1. The minimum Gasteiger partial charge on any atom is -0.478 e. The molecule has 3 aromatic rings. The summed E-state index contributed by atoms with van der Waals surface area (Å²) in [5.41, 5.74) is 4.47. The third kappa shape index (κ3) is 2.93. The van der Waals surface area contributed by atoms with Crippen LogP contribution in [-0.4, -0.2) is 35.3 Å². The number of sulfonamides is 1. The van der Waals surface area contributed by atoms with E-state index in [9.17, 15) is 18.3 Å². The van der Waals surface area contributed by atoms with Crippen LogP contribution in [0, 0.1) is 13.8 Å². The zero-order valence-electron chi connectivity index (χ0n) is 15.1. The highest BCUT2D eigenvalue weighted by Gasteiger charge is 2.31. The molecule has 2 N–H and O–H groups in total. The normalized spacial score (nSPS) is 15.0. The van der Waals surface area contributed by atoms with Crippen LogP contribution in [-0.2, 0) is 23.0 Å². The summed E-state index contributed by atoms with van der Waals surface area (Å²) < 4.78 is 27.9. The summed E-state index contributed by atoms with van der Waals surface area (Å²) in [5, 5.41) is 10.0. The molecular formula is C20H20N2O4S. The molecule has 6 nitrogen and oxygen atoms in total. The molecule has 4 rings (SSSR count). The summed E-state index contributed by atoms with van der Waals surface area (Å²) in [5.74, 6) is -0.998. The first-order valence-corrected chi connectivity index (χ1v) is 10.2. The van der Waals surface area contributed by atoms with Crippen LogP contribution in [0.1, 0.15) is 32.7 Å². The van der Waals surface area contributed by atoms with Crippen molar-refractivity contribution in [1.29, 1.82) is 0 Å². The highest BCUT2D eigenvalue weighted by atomic mass is 32.2. The Hall–Kier alpha value is -2.64. The van der Waals surface area contributed by atoms with Gasteiger partial charge in [-0.2, -0.15) is 4.31 Å². The highest BCUT2D eigenvalue weighted by Crippen LogP contribution is 2.32. The van der Waals surface area contributed by atoms with Gasteiger partial charge >= 0.3 is 5.97 Å². The number of fused-ring (bicyclic) bond motifs is 3. The number of aromatic amines is 1. The molecule has 1 aromatic heterocycles. The fourth-order valence-electron chi connectivity index (χ4n) is 3.65. The van der Waals surface area contributed by atoms with E-state index >= 15 is 0 Å². The van der Waals surface area contributed by atoms with Gasteiger partial charge in [0.25, 0.3) is 0 Å². The number of carboxylic acids is 1. The van der Waals surface area contributed by atoms with Crippen LogP contribution in [0.4, 0.5) is 0 Å². The monoisotopic (exact) mass is 384 g/mol. The third-order valence-corrected chi connectivity index (χ3v) is 7.14. The number of benzene rings is 2. The molecule has 140 valence electrons. The molecule has 0 bridgehead atoms. The van der Waals surface area contributed by atoms with E-state index in [1.54, 1.807) is 31.2 Å². The van der Waals surface area contributed by atoms with Crippen molar-refractivity contribution in [3.63, 3.8) is 0 Å². The number of nitrogens with zero attached hydrogens (tertiary/aromatic N) is 1. The van der Waals surface area contributed by atoms with Gasteiger partial charge in [-0.3, -0.25) is 0 Å². The Labute approximate surface area is 157 Å². The quantitative estimate of drug-likeness (QED) is 0.725. The minimum atomic E-state index is -3.63. The number of hydrogen-bond donors (Lipinski definition) is 2. The molecule has 0 unspecified atom stereocenters. The van der Waals surface area contributed by atoms with Gasteiger partial charge in [0.1, 0.15) is 0 Å². The van der Waals surface area contributed by atoms with Gasteiger partial charge in [-0.15, -0.1) is 0 Å². The SMILES string of the molecule is Cc1ccc(C)c(S(=O)(=O)N2CCc3[nH]c4ccc(C(=O)O)cc4c3C2)c1. The summed E-state index contributed by atoms with van der Waals surface area (Å²) in [6, 6.07) is 10.3. The van der Waals surface area contributed by atoms with Crippen molar-refractivity contribution in [3.8, 4) is 0 Å². The van der Waals surface area contributed by atoms with Gasteiger partial charge < -0.3 is 10.1 Å². The topological polar surface area (TPSA) is 90.5 Å². The summed E-state index contributed by atoms with van der Waals surface area (Å²) >= 11 is 0. The van der Waals surface area contributed by atoms with E-state index in [0.717, 1.165) is 33.3 Å². The predicted octanol–water partition coefficient (Wildman–Crippen LogP) is 3.23. The minimum absolute atomic E-state index is 0.193. The maximum Gasteiger partial charge on any atom is 0.335 e. The molecule has 2 aromatic carbocycles. The number of H-pyrrole nitrogens is 1. The second-order valence-corrected chi connectivity index (χ2v) is 8.91. The number of aryl methyl sites for hydroxylation is 2. The summed E-state index contributed by atoms with van der Waals surface area (Å²) in [7, 11) is -3.63. The van der Waals surface area contributed by atoms with Crippen molar-refractivity contribution in [2.45, 2.75) is 31.7 Å². The standard InChI is InChI=1S/C20H20N2O4S/c1-12-3-4-13(2)19(9-12)27(25,26)22-8-7-18-16(11-22)15-10-14(20(23)24)5-6-17(15)21-18/h3-6,9-10,21H,7-8,11H2,1-2H3,(H,23,24). The van der Waals surface area contributed by atoms with Gasteiger partial charge in [0.2, 0.25) is 10.0 Å². The molecular weight excluding hydrogens is 364 g/mol. The Balaban J connectivity index is 1.78. The van der Waals surface area contributed by atoms with Crippen LogP contribution in [0.2, 0.25) is 0 Å². The first-order valence-electron chi connectivity index (χ1n) is 8.71. The fraction of sp³-hybridized carbons (Fsp3) is 0.250. The molecule has 27 heavy (non-hydrogen) atoms. The van der Waals surface area contributed by atoms with Gasteiger partial charge in [-0.05, 0) is 54.8 Å². The van der Waals surface area contributed by atoms with Crippen LogP contribution >= 0.6 is 0 Å². The number of rotatable bonds is 3. The Morgan fingerprint density at radius 2 is 1.93 bits per heavy atom. The van der Waals surface area contributed by atoms with E-state index in [1.807, 2.05) is 19.1 Å². The fourth-order valence-corrected chi connectivity index (χ4v) is 5.37. The Kier molecular flexibility index (Phi) is 4.09. The molecule has 1 aliphatic heterocycles. The van der Waals surface area contributed by atoms with E-state index < -0.39 is 16.0 Å². The van der Waals surface area contributed by atoms with Crippen molar-refractivity contribution in [2.75, 3.05) is 6.54 Å². The Morgan fingerprint density at radius 1 is 1.15 bits per heavy atom. The van der Waals surface area contributed by atoms with Gasteiger partial charge in [0.15, 0.2) is 0 Å². The van der Waals surface area contributed by atoms with Crippen molar-refractivity contribution >= 4 is 26.9 Å². The summed E-state index contributed by atoms with van der Waals surface area (Å²) in [4.78, 5) is 14.9. The predicted molar refractivity (Wildman–Crippen MR) is 102 cm³/mol. The average molecular weight is 384 g/mol. The van der Waals surface area contributed by atoms with E-state index in [2.05, 4.69) is 4.98 Å². The van der Waals surface area contributed by atoms with Crippen LogP contribution < -0.4 is 0 Å². The second kappa shape index (κ2) is 6.21. The number of carboxylic acid groups (broad SMARTS) is 1. The maximum atomic E-state index is 13.2. The van der Waals surface area contributed by atoms with E-state index in [0.29, 0.717) is 17.9 Å². The molecule has 0 aliphatic carbocycles. The third-order valence-electron chi connectivity index (χ3n) is 5.15. The largest absolute Gasteiger partial charge is 0.478 e. The molecule has 2 heterocycles. The Morgan fingerprint density at radius 3 is 2.67 bits per heavy atom. The smallest absolute Gasteiger partial charge is 0.335 e. The number of hydrogen-bond acceptors (Lipinski definition) is 3. The van der Waals surface area contributed by atoms with Crippen molar-refractivity contribution in [1.82, 2.24) is 9.29 Å². The second-order valence-electron chi connectivity index (χ2n) is 7.01. The van der Waals surface area contributed by atoms with Crippen molar-refractivity contribution < 1.29 is 18.3 Å². The zero-order chi connectivity index (χ0) is 19.3. The zero-order valence-corrected chi connectivity index (χ0v) is 15.9. The number of aromatic carboxylic acids is 1. The molecule has 0 spiro atoms. The molecule has 0 fully saturated rings. The molecule has 0 saturated heterocycles. The average Bonchev–Trinajstić information content (AvgIpc) is 3.00. The van der Waals surface area contributed by atoms with Crippen molar-refractivity contribution in [3.05, 3.63) is 64.3 Å². The van der Waals surface area contributed by atoms with Crippen LogP contribution in [0.3, 0.4) is 0 Å². The summed E-state index contributed by atoms with van der Waals surface area (Å²) in [6.07, 6.45) is 0.566. The van der Waals surface area contributed by atoms with Crippen LogP contribution in [0.5, 0.6) is 0 Å². The lowest BCUT2D eigenvalue weighted by molar-refractivity contribution is 0.0697. The molecule has 0 amide bonds. The molecule has 0 radical (unpaired) electrons. The van der Waals surface area contributed by atoms with E-state index in [1.165, 1.54) is 4.31 Å². The molecule has 1 aliphatic rings. The number of carbonyl (C=O) groups is 1. The lowest BCUT2D eigenvalue weighted by Gasteiger charge is -2.27. The number of nitrogens with one attached hydrogen (secondary N) is 1. The van der Waals surface area contributed by atoms with Gasteiger partial charge in [0.05, 0.1) is 10.5 Å². The van der Waals surface area contributed by atoms with E-state index in [4.69, 9.17) is 0 Å². The highest BCUT2D eigenvalue weighted by molar-refractivity contribution is 7.89. The van der Waals surface area contributed by atoms with Gasteiger partial charge in [-0.25, -0.2) is 13.2 Å². The lowest BCUT2D eigenvalue weighted by atomic mass is 10.0. The van der Waals surface area contributed by atoms with Gasteiger partial charge in [-0.1, -0.05) is 12.1 Å². The molecule has 0 saturated carbocycles.